The van der Waals surface area contributed by atoms with Crippen molar-refractivity contribution in [1.29, 1.82) is 0 Å². The summed E-state index contributed by atoms with van der Waals surface area (Å²) in [5.41, 5.74) is 3.64. The van der Waals surface area contributed by atoms with Crippen molar-refractivity contribution < 1.29 is 8.96 Å². The van der Waals surface area contributed by atoms with Gasteiger partial charge in [0.1, 0.15) is 20.0 Å². The first-order valence-corrected chi connectivity index (χ1v) is 12.8. The standard InChI is InChI=1S/C27H25FN3OS2/c1-4-31-24(34-25(26(31)32)27-29(3)22-10-5-6-11-23(22)33-27)16-20-9-7-8-14-30(20)17-19-13-12-18(2)21(28)15-19/h5-16H,4,17H2,1-3H3/q+1/b27-25+. The molecule has 4 nitrogen and oxygen atoms in total. The highest BCUT2D eigenvalue weighted by atomic mass is 32.2. The van der Waals surface area contributed by atoms with Crippen LogP contribution in [0.2, 0.25) is 0 Å². The SMILES string of the molecule is CCn1c(=O)/c(=C2\Sc3ccccc3N2C)s/c1=C\c1cccc[n+]1Cc1ccc(C)c(F)c1. The normalized spacial score (nSPS) is 15.2. The van der Waals surface area contributed by atoms with E-state index in [1.165, 1.54) is 11.3 Å². The average molecular weight is 491 g/mol. The number of halogens is 1. The Morgan fingerprint density at radius 2 is 1.88 bits per heavy atom. The second-order valence-electron chi connectivity index (χ2n) is 8.23. The molecule has 0 unspecified atom stereocenters. The molecule has 2 aromatic carbocycles. The van der Waals surface area contributed by atoms with Crippen molar-refractivity contribution in [2.75, 3.05) is 11.9 Å². The van der Waals surface area contributed by atoms with E-state index in [0.717, 1.165) is 36.1 Å². The summed E-state index contributed by atoms with van der Waals surface area (Å²) in [7, 11) is 2.01. The summed E-state index contributed by atoms with van der Waals surface area (Å²) in [4.78, 5) is 16.6. The molecule has 0 radical (unpaired) electrons. The van der Waals surface area contributed by atoms with E-state index in [4.69, 9.17) is 0 Å². The van der Waals surface area contributed by atoms with Crippen LogP contribution in [0.3, 0.4) is 0 Å². The van der Waals surface area contributed by atoms with Crippen LogP contribution in [0.25, 0.3) is 11.1 Å². The highest BCUT2D eigenvalue weighted by molar-refractivity contribution is 8.08. The molecule has 0 atom stereocenters. The molecule has 0 fully saturated rings. The molecule has 1 aliphatic rings. The summed E-state index contributed by atoms with van der Waals surface area (Å²) < 4.78 is 19.6. The first kappa shape index (κ1) is 22.6. The molecule has 0 aliphatic carbocycles. The van der Waals surface area contributed by atoms with Crippen LogP contribution in [0, 0.1) is 12.7 Å². The van der Waals surface area contributed by atoms with Crippen LogP contribution >= 0.6 is 23.1 Å². The van der Waals surface area contributed by atoms with Crippen molar-refractivity contribution in [3.8, 4) is 0 Å². The Bertz CT molecular complexity index is 1570. The van der Waals surface area contributed by atoms with Gasteiger partial charge in [0, 0.05) is 42.3 Å². The molecule has 1 aliphatic heterocycles. The molecule has 4 aromatic rings. The number of para-hydroxylation sites is 1. The van der Waals surface area contributed by atoms with E-state index in [1.54, 1.807) is 24.8 Å². The van der Waals surface area contributed by atoms with Gasteiger partial charge in [-0.3, -0.25) is 9.36 Å². The van der Waals surface area contributed by atoms with Gasteiger partial charge < -0.3 is 4.90 Å². The number of hydrogen-bond donors (Lipinski definition) is 0. The maximum atomic E-state index is 14.1. The van der Waals surface area contributed by atoms with Gasteiger partial charge in [-0.2, -0.15) is 4.57 Å². The van der Waals surface area contributed by atoms with Gasteiger partial charge in [0.25, 0.3) is 5.56 Å². The molecular weight excluding hydrogens is 465 g/mol. The van der Waals surface area contributed by atoms with Crippen LogP contribution in [0.5, 0.6) is 0 Å². The third-order valence-corrected chi connectivity index (χ3v) is 8.48. The van der Waals surface area contributed by atoms with Crippen LogP contribution in [0.1, 0.15) is 23.7 Å². The number of anilines is 1. The quantitative estimate of drug-likeness (QED) is 0.407. The summed E-state index contributed by atoms with van der Waals surface area (Å²) in [5, 5.41) is 0.967. The number of pyridine rings is 1. The molecule has 172 valence electrons. The number of aryl methyl sites for hydroxylation is 1. The number of thiazole rings is 1. The summed E-state index contributed by atoms with van der Waals surface area (Å²) >= 11 is 3.16. The molecule has 0 N–H and O–H groups in total. The molecule has 0 saturated carbocycles. The fourth-order valence-corrected chi connectivity index (χ4v) is 6.55. The van der Waals surface area contributed by atoms with Gasteiger partial charge in [0.2, 0.25) is 5.69 Å². The Balaban J connectivity index is 1.61. The average Bonchev–Trinajstić information content (AvgIpc) is 3.33. The molecule has 2 aromatic heterocycles. The van der Waals surface area contributed by atoms with Crippen LogP contribution < -0.4 is 24.2 Å². The Labute approximate surface area is 205 Å². The number of rotatable bonds is 4. The Kier molecular flexibility index (Phi) is 6.15. The minimum absolute atomic E-state index is 0.0315. The smallest absolute Gasteiger partial charge is 0.271 e. The summed E-state index contributed by atoms with van der Waals surface area (Å²) in [6.07, 6.45) is 4.04. The highest BCUT2D eigenvalue weighted by Gasteiger charge is 2.24. The van der Waals surface area contributed by atoms with Crippen molar-refractivity contribution in [2.45, 2.75) is 31.8 Å². The topological polar surface area (TPSA) is 29.1 Å². The summed E-state index contributed by atoms with van der Waals surface area (Å²) in [6.45, 7) is 4.90. The summed E-state index contributed by atoms with van der Waals surface area (Å²) in [6, 6.07) is 19.5. The number of fused-ring (bicyclic) bond motifs is 1. The van der Waals surface area contributed by atoms with Crippen LogP contribution in [-0.4, -0.2) is 11.6 Å². The van der Waals surface area contributed by atoms with Gasteiger partial charge in [-0.15, -0.1) is 11.3 Å². The minimum Gasteiger partial charge on any atom is -0.337 e. The maximum Gasteiger partial charge on any atom is 0.271 e. The monoisotopic (exact) mass is 490 g/mol. The molecule has 7 heteroatoms. The Hall–Kier alpha value is -3.16. The zero-order valence-corrected chi connectivity index (χ0v) is 20.9. The molecule has 0 amide bonds. The lowest BCUT2D eigenvalue weighted by molar-refractivity contribution is -0.690. The second-order valence-corrected chi connectivity index (χ2v) is 10.3. The third-order valence-electron chi connectivity index (χ3n) is 6.00. The summed E-state index contributed by atoms with van der Waals surface area (Å²) in [5.74, 6) is -0.196. The van der Waals surface area contributed by atoms with Gasteiger partial charge >= 0.3 is 0 Å². The van der Waals surface area contributed by atoms with E-state index in [1.807, 2.05) is 67.2 Å². The molecular formula is C27H25FN3OS2+. The molecule has 34 heavy (non-hydrogen) atoms. The van der Waals surface area contributed by atoms with Gasteiger partial charge in [0.15, 0.2) is 12.7 Å². The van der Waals surface area contributed by atoms with Gasteiger partial charge in [0.05, 0.1) is 5.69 Å². The van der Waals surface area contributed by atoms with Crippen LogP contribution in [0.4, 0.5) is 10.1 Å². The van der Waals surface area contributed by atoms with Crippen molar-refractivity contribution in [3.05, 3.63) is 109 Å². The molecule has 5 rings (SSSR count). The largest absolute Gasteiger partial charge is 0.337 e. The van der Waals surface area contributed by atoms with Gasteiger partial charge in [-0.25, -0.2) is 4.39 Å². The lowest BCUT2D eigenvalue weighted by atomic mass is 10.1. The number of nitrogens with zero attached hydrogens (tertiary/aromatic N) is 3. The zero-order valence-electron chi connectivity index (χ0n) is 19.3. The van der Waals surface area contributed by atoms with Crippen LogP contribution in [-0.2, 0) is 13.1 Å². The predicted octanol–water partition coefficient (Wildman–Crippen LogP) is 3.85. The lowest BCUT2D eigenvalue weighted by Gasteiger charge is -2.11. The highest BCUT2D eigenvalue weighted by Crippen LogP contribution is 2.44. The molecule has 3 heterocycles. The van der Waals surface area contributed by atoms with E-state index in [9.17, 15) is 9.18 Å². The van der Waals surface area contributed by atoms with Crippen LogP contribution in [0.15, 0.2) is 76.6 Å². The van der Waals surface area contributed by atoms with Crippen molar-refractivity contribution in [3.63, 3.8) is 0 Å². The van der Waals surface area contributed by atoms with Crippen molar-refractivity contribution >= 4 is 39.9 Å². The fraction of sp³-hybridized carbons (Fsp3) is 0.185. The first-order valence-electron chi connectivity index (χ1n) is 11.2. The van der Waals surface area contributed by atoms with E-state index in [0.29, 0.717) is 18.7 Å². The molecule has 0 spiro atoms. The lowest BCUT2D eigenvalue weighted by Crippen LogP contribution is -2.38. The fourth-order valence-electron chi connectivity index (χ4n) is 4.09. The molecule has 0 bridgehead atoms. The Morgan fingerprint density at radius 1 is 1.09 bits per heavy atom. The second kappa shape index (κ2) is 9.24. The van der Waals surface area contributed by atoms with E-state index < -0.39 is 0 Å². The van der Waals surface area contributed by atoms with E-state index >= 15 is 0 Å². The Morgan fingerprint density at radius 3 is 2.65 bits per heavy atom. The third kappa shape index (κ3) is 4.10. The van der Waals surface area contributed by atoms with Gasteiger partial charge in [-0.05, 0) is 43.7 Å². The number of benzene rings is 2. The molecule has 0 saturated heterocycles. The minimum atomic E-state index is -0.196. The number of aromatic nitrogens is 2. The maximum absolute atomic E-state index is 14.1. The predicted molar refractivity (Wildman–Crippen MR) is 138 cm³/mol. The van der Waals surface area contributed by atoms with Gasteiger partial charge in [-0.1, -0.05) is 36.0 Å². The number of thioether (sulfide) groups is 1. The zero-order chi connectivity index (χ0) is 23.8. The van der Waals surface area contributed by atoms with E-state index in [-0.39, 0.29) is 11.4 Å². The number of hydrogen-bond acceptors (Lipinski definition) is 4. The van der Waals surface area contributed by atoms with E-state index in [2.05, 4.69) is 27.7 Å². The van der Waals surface area contributed by atoms with Crippen molar-refractivity contribution in [2.24, 2.45) is 0 Å². The van der Waals surface area contributed by atoms with Crippen molar-refractivity contribution in [1.82, 2.24) is 4.57 Å². The first-order chi connectivity index (χ1) is 16.5.